The van der Waals surface area contributed by atoms with Crippen molar-refractivity contribution >= 4 is 17.9 Å². The fourth-order valence-electron chi connectivity index (χ4n) is 8.23. The smallest absolute Gasteiger partial charge is 0.306 e. The molecule has 0 aliphatic heterocycles. The number of unbranched alkanes of at least 4 members (excludes halogenated alkanes) is 17. The monoisotopic (exact) mass is 1100 g/mol. The summed E-state index contributed by atoms with van der Waals surface area (Å²) in [6.45, 7) is 6.33. The normalized spacial score (nSPS) is 13.3. The van der Waals surface area contributed by atoms with E-state index >= 15 is 0 Å². The van der Waals surface area contributed by atoms with Gasteiger partial charge in [0.2, 0.25) is 0 Å². The van der Waals surface area contributed by atoms with E-state index in [1.807, 2.05) is 0 Å². The van der Waals surface area contributed by atoms with Crippen molar-refractivity contribution in [3.63, 3.8) is 0 Å². The highest BCUT2D eigenvalue weighted by atomic mass is 16.6. The van der Waals surface area contributed by atoms with Gasteiger partial charge >= 0.3 is 17.9 Å². The number of esters is 3. The molecule has 6 heteroatoms. The molecule has 0 fully saturated rings. The number of hydrogen-bond acceptors (Lipinski definition) is 6. The van der Waals surface area contributed by atoms with Crippen LogP contribution >= 0.6 is 0 Å². The molecule has 448 valence electrons. The number of carbonyl (C=O) groups excluding carboxylic acids is 3. The lowest BCUT2D eigenvalue weighted by Gasteiger charge is -2.18. The zero-order chi connectivity index (χ0) is 57.8. The second kappa shape index (κ2) is 66.3. The minimum atomic E-state index is -0.808. The molecule has 0 saturated carbocycles. The van der Waals surface area contributed by atoms with E-state index in [9.17, 15) is 14.4 Å². The van der Waals surface area contributed by atoms with Crippen LogP contribution in [-0.2, 0) is 28.6 Å². The summed E-state index contributed by atoms with van der Waals surface area (Å²) in [6.07, 6.45) is 98.0. The molecule has 0 spiro atoms. The molecule has 6 nitrogen and oxygen atoms in total. The summed E-state index contributed by atoms with van der Waals surface area (Å²) in [5.41, 5.74) is 0. The molecule has 0 radical (unpaired) electrons. The fraction of sp³-hybridized carbons (Fsp3) is 0.581. The second-order valence-electron chi connectivity index (χ2n) is 20.6. The van der Waals surface area contributed by atoms with Crippen LogP contribution in [0, 0.1) is 0 Å². The molecular formula is C74H116O6. The highest BCUT2D eigenvalue weighted by molar-refractivity contribution is 5.71. The van der Waals surface area contributed by atoms with Crippen LogP contribution < -0.4 is 0 Å². The van der Waals surface area contributed by atoms with Gasteiger partial charge in [0.05, 0.1) is 0 Å². The topological polar surface area (TPSA) is 78.9 Å². The third kappa shape index (κ3) is 63.6. The predicted octanol–water partition coefficient (Wildman–Crippen LogP) is 22.3. The third-order valence-electron chi connectivity index (χ3n) is 13.0. The first-order valence-electron chi connectivity index (χ1n) is 32.1. The summed E-state index contributed by atoms with van der Waals surface area (Å²) >= 11 is 0. The molecule has 0 heterocycles. The van der Waals surface area contributed by atoms with Crippen LogP contribution in [-0.4, -0.2) is 37.2 Å². The summed E-state index contributed by atoms with van der Waals surface area (Å²) in [6, 6.07) is 0. The molecule has 0 rings (SSSR count). The van der Waals surface area contributed by atoms with E-state index < -0.39 is 6.10 Å². The van der Waals surface area contributed by atoms with Crippen LogP contribution in [0.1, 0.15) is 258 Å². The van der Waals surface area contributed by atoms with E-state index in [0.29, 0.717) is 19.3 Å². The maximum absolute atomic E-state index is 12.9. The maximum Gasteiger partial charge on any atom is 0.306 e. The molecule has 0 bridgehead atoms. The summed E-state index contributed by atoms with van der Waals surface area (Å²) < 4.78 is 16.8. The van der Waals surface area contributed by atoms with Crippen molar-refractivity contribution in [2.45, 2.75) is 264 Å². The average Bonchev–Trinajstić information content (AvgIpc) is 3.46. The number of carbonyl (C=O) groups is 3. The van der Waals surface area contributed by atoms with Crippen molar-refractivity contribution in [2.75, 3.05) is 13.2 Å². The van der Waals surface area contributed by atoms with Gasteiger partial charge in [0.25, 0.3) is 0 Å². The molecule has 0 saturated heterocycles. The lowest BCUT2D eigenvalue weighted by molar-refractivity contribution is -0.167. The predicted molar refractivity (Wildman–Crippen MR) is 348 cm³/mol. The van der Waals surface area contributed by atoms with Gasteiger partial charge in [0.15, 0.2) is 6.10 Å². The Morgan fingerprint density at radius 1 is 0.263 bits per heavy atom. The third-order valence-corrected chi connectivity index (χ3v) is 13.0. The van der Waals surface area contributed by atoms with Crippen molar-refractivity contribution in [2.24, 2.45) is 0 Å². The van der Waals surface area contributed by atoms with E-state index in [1.54, 1.807) is 0 Å². The summed E-state index contributed by atoms with van der Waals surface area (Å²) in [5.74, 6) is -0.957. The standard InChI is InChI=1S/C74H116O6/c1-4-7-10-13-16-19-21-23-25-27-29-31-33-35-36-37-38-40-41-43-45-47-49-51-53-55-58-61-64-67-73(76)79-70-71(69-78-72(75)66-63-60-57-18-15-12-9-6-3)80-74(77)68-65-62-59-56-54-52-50-48-46-44-42-39-34-32-30-28-26-24-22-20-17-14-11-8-5-2/h7-8,10-11,16-17,19-20,23-26,29-32,35-36,38-40,42-43,45-46,48,52,54,71H,4-6,9,12-15,18,21-22,27-28,33-34,37,41,44,47,49-51,53,55-70H2,1-3H3/b10-7-,11-8-,19-16-,20-17-,25-23-,26-24-,31-29-,32-30-,36-35-,40-38-,42-39-,45-43-,48-46-,54-52-. The number of hydrogen-bond donors (Lipinski definition) is 0. The molecular weight excluding hydrogens is 985 g/mol. The van der Waals surface area contributed by atoms with E-state index in [4.69, 9.17) is 14.2 Å². The van der Waals surface area contributed by atoms with E-state index in [2.05, 4.69) is 191 Å². The summed E-state index contributed by atoms with van der Waals surface area (Å²) in [4.78, 5) is 38.2. The van der Waals surface area contributed by atoms with Gasteiger partial charge in [-0.05, 0) is 135 Å². The minimum Gasteiger partial charge on any atom is -0.462 e. The van der Waals surface area contributed by atoms with Gasteiger partial charge in [-0.25, -0.2) is 0 Å². The van der Waals surface area contributed by atoms with Crippen molar-refractivity contribution < 1.29 is 28.6 Å². The van der Waals surface area contributed by atoms with E-state index in [-0.39, 0.29) is 37.5 Å². The Balaban J connectivity index is 4.32. The zero-order valence-corrected chi connectivity index (χ0v) is 51.3. The molecule has 0 aromatic carbocycles. The molecule has 0 aliphatic carbocycles. The number of allylic oxidation sites excluding steroid dienone is 28. The molecule has 80 heavy (non-hydrogen) atoms. The van der Waals surface area contributed by atoms with Crippen LogP contribution in [0.25, 0.3) is 0 Å². The van der Waals surface area contributed by atoms with E-state index in [0.717, 1.165) is 154 Å². The van der Waals surface area contributed by atoms with Crippen molar-refractivity contribution in [1.29, 1.82) is 0 Å². The Bertz CT molecular complexity index is 1840. The van der Waals surface area contributed by atoms with Gasteiger partial charge in [0, 0.05) is 19.3 Å². The fourth-order valence-corrected chi connectivity index (χ4v) is 8.23. The van der Waals surface area contributed by atoms with Crippen molar-refractivity contribution in [3.8, 4) is 0 Å². The van der Waals surface area contributed by atoms with Crippen LogP contribution in [0.4, 0.5) is 0 Å². The Morgan fingerprint density at radius 3 is 0.775 bits per heavy atom. The first-order valence-corrected chi connectivity index (χ1v) is 32.1. The molecule has 1 atom stereocenters. The molecule has 0 aromatic heterocycles. The van der Waals surface area contributed by atoms with Crippen LogP contribution in [0.15, 0.2) is 170 Å². The molecule has 0 aromatic rings. The molecule has 0 aliphatic rings. The number of rotatable bonds is 56. The first kappa shape index (κ1) is 74.8. The lowest BCUT2D eigenvalue weighted by atomic mass is 10.1. The Kier molecular flexibility index (Phi) is 61.9. The molecule has 0 N–H and O–H groups in total. The summed E-state index contributed by atoms with van der Waals surface area (Å²) in [7, 11) is 0. The lowest BCUT2D eigenvalue weighted by Crippen LogP contribution is -2.30. The van der Waals surface area contributed by atoms with Gasteiger partial charge in [0.1, 0.15) is 13.2 Å². The van der Waals surface area contributed by atoms with Gasteiger partial charge in [-0.3, -0.25) is 14.4 Å². The Hall–Kier alpha value is -5.23. The second-order valence-corrected chi connectivity index (χ2v) is 20.6. The SMILES string of the molecule is CC/C=C\C/C=C\C/C=C\C/C=C\C/C=C\C/C=C\C/C=C\CCCCCCCCCC(=O)OCC(COC(=O)CCCCCCCCCC)OC(=O)CCCCC/C=C\C/C=C\C/C=C\C/C=C\C/C=C\C/C=C\C/C=C\CC. The Labute approximate surface area is 492 Å². The molecule has 0 amide bonds. The van der Waals surface area contributed by atoms with Crippen LogP contribution in [0.3, 0.4) is 0 Å². The zero-order valence-electron chi connectivity index (χ0n) is 51.3. The maximum atomic E-state index is 12.9. The Morgan fingerprint density at radius 2 is 0.487 bits per heavy atom. The van der Waals surface area contributed by atoms with Gasteiger partial charge in [-0.1, -0.05) is 274 Å². The summed E-state index contributed by atoms with van der Waals surface area (Å²) in [5, 5.41) is 0. The van der Waals surface area contributed by atoms with Gasteiger partial charge in [-0.2, -0.15) is 0 Å². The van der Waals surface area contributed by atoms with Gasteiger partial charge in [-0.15, -0.1) is 0 Å². The minimum absolute atomic E-state index is 0.101. The average molecular weight is 1100 g/mol. The highest BCUT2D eigenvalue weighted by Crippen LogP contribution is 2.14. The van der Waals surface area contributed by atoms with Crippen LogP contribution in [0.2, 0.25) is 0 Å². The van der Waals surface area contributed by atoms with Crippen molar-refractivity contribution in [3.05, 3.63) is 170 Å². The molecule has 1 unspecified atom stereocenters. The largest absolute Gasteiger partial charge is 0.462 e. The highest BCUT2D eigenvalue weighted by Gasteiger charge is 2.19. The van der Waals surface area contributed by atoms with E-state index in [1.165, 1.54) is 57.8 Å². The van der Waals surface area contributed by atoms with Gasteiger partial charge < -0.3 is 14.2 Å². The quantitative estimate of drug-likeness (QED) is 0.0261. The first-order chi connectivity index (χ1) is 39.5. The van der Waals surface area contributed by atoms with Crippen molar-refractivity contribution in [1.82, 2.24) is 0 Å². The number of ether oxygens (including phenoxy) is 3. The van der Waals surface area contributed by atoms with Crippen LogP contribution in [0.5, 0.6) is 0 Å².